The van der Waals surface area contributed by atoms with Crippen LogP contribution in [0.5, 0.6) is 0 Å². The summed E-state index contributed by atoms with van der Waals surface area (Å²) >= 11 is 0. The molecule has 0 bridgehead atoms. The maximum atomic E-state index is 13.4. The molecule has 6 heterocycles. The van der Waals surface area contributed by atoms with Crippen LogP contribution < -0.4 is 10.9 Å². The van der Waals surface area contributed by atoms with E-state index in [0.717, 1.165) is 11.8 Å². The number of hydrogen-bond donors (Lipinski definition) is 1. The average molecular weight is 489 g/mol. The van der Waals surface area contributed by atoms with Crippen molar-refractivity contribution in [1.29, 1.82) is 0 Å². The number of nitrogens with zero attached hydrogens (tertiary/aromatic N) is 6. The molecule has 182 valence electrons. The fraction of sp³-hybridized carbons (Fsp3) is 0.250. The smallest absolute Gasteiger partial charge is 0.280 e. The molecule has 4 aromatic rings. The van der Waals surface area contributed by atoms with Gasteiger partial charge in [0, 0.05) is 12.3 Å². The van der Waals surface area contributed by atoms with Crippen molar-refractivity contribution in [3.05, 3.63) is 75.7 Å². The molecule has 2 amide bonds. The van der Waals surface area contributed by atoms with E-state index in [9.17, 15) is 18.8 Å². The molecule has 11 nitrogen and oxygen atoms in total. The Morgan fingerprint density at radius 3 is 2.64 bits per heavy atom. The molecule has 0 saturated carbocycles. The highest BCUT2D eigenvalue weighted by Gasteiger charge is 2.40. The molecule has 0 radical (unpaired) electrons. The van der Waals surface area contributed by atoms with Crippen LogP contribution in [0.2, 0.25) is 0 Å². The number of carbonyl (C=O) groups is 2. The molecule has 1 saturated heterocycles. The summed E-state index contributed by atoms with van der Waals surface area (Å²) in [4.78, 5) is 49.6. The van der Waals surface area contributed by atoms with Crippen molar-refractivity contribution in [2.75, 3.05) is 18.5 Å². The van der Waals surface area contributed by atoms with E-state index in [-0.39, 0.29) is 47.8 Å². The van der Waals surface area contributed by atoms with Crippen molar-refractivity contribution in [1.82, 2.24) is 29.0 Å². The molecule has 2 aliphatic rings. The number of ether oxygens (including phenoxy) is 1. The van der Waals surface area contributed by atoms with Crippen LogP contribution in [0, 0.1) is 12.7 Å². The Labute approximate surface area is 203 Å². The number of halogens is 1. The van der Waals surface area contributed by atoms with Gasteiger partial charge in [-0.15, -0.1) is 0 Å². The lowest BCUT2D eigenvalue weighted by Gasteiger charge is -2.34. The van der Waals surface area contributed by atoms with Crippen molar-refractivity contribution in [2.24, 2.45) is 0 Å². The molecular weight excluding hydrogens is 469 g/mol. The molecule has 36 heavy (non-hydrogen) atoms. The molecule has 1 fully saturated rings. The summed E-state index contributed by atoms with van der Waals surface area (Å²) in [5.41, 5.74) is 2.21. The number of anilines is 1. The molecule has 0 unspecified atom stereocenters. The Morgan fingerprint density at radius 1 is 1.14 bits per heavy atom. The van der Waals surface area contributed by atoms with Crippen LogP contribution in [0.15, 0.2) is 47.5 Å². The van der Waals surface area contributed by atoms with E-state index in [1.165, 1.54) is 21.2 Å². The number of nitrogens with one attached hydrogen (secondary N) is 1. The number of rotatable bonds is 5. The van der Waals surface area contributed by atoms with Gasteiger partial charge in [-0.25, -0.2) is 9.37 Å². The van der Waals surface area contributed by atoms with E-state index in [2.05, 4.69) is 20.4 Å². The van der Waals surface area contributed by atoms with Crippen LogP contribution in [0.25, 0.3) is 17.0 Å². The van der Waals surface area contributed by atoms with Crippen LogP contribution in [0.4, 0.5) is 10.2 Å². The SMILES string of the molecule is Cc1ccc(-c2cc3n(CC(=O)Nc4ccc(F)cn4)c4c(c(=O)n3n2)CN(C2COC2)C4=O)nc1. The summed E-state index contributed by atoms with van der Waals surface area (Å²) < 4.78 is 21.1. The Morgan fingerprint density at radius 2 is 1.97 bits per heavy atom. The second-order valence-electron chi connectivity index (χ2n) is 8.77. The van der Waals surface area contributed by atoms with Crippen LogP contribution in [0.1, 0.15) is 21.6 Å². The number of aromatic nitrogens is 5. The van der Waals surface area contributed by atoms with Gasteiger partial charge in [0.1, 0.15) is 35.2 Å². The molecule has 6 rings (SSSR count). The van der Waals surface area contributed by atoms with Crippen LogP contribution in [-0.4, -0.2) is 60.1 Å². The monoisotopic (exact) mass is 489 g/mol. The molecule has 0 spiro atoms. The second kappa shape index (κ2) is 8.34. The van der Waals surface area contributed by atoms with Gasteiger partial charge in [-0.1, -0.05) is 6.07 Å². The molecule has 0 aromatic carbocycles. The van der Waals surface area contributed by atoms with Crippen molar-refractivity contribution in [3.63, 3.8) is 0 Å². The number of carbonyl (C=O) groups excluding carboxylic acids is 2. The van der Waals surface area contributed by atoms with Gasteiger partial charge in [0.25, 0.3) is 11.5 Å². The Bertz CT molecular complexity index is 1570. The summed E-state index contributed by atoms with van der Waals surface area (Å²) in [7, 11) is 0. The van der Waals surface area contributed by atoms with Crippen molar-refractivity contribution in [3.8, 4) is 11.4 Å². The zero-order valence-corrected chi connectivity index (χ0v) is 19.1. The number of pyridine rings is 2. The lowest BCUT2D eigenvalue weighted by molar-refractivity contribution is -0.116. The summed E-state index contributed by atoms with van der Waals surface area (Å²) in [6.07, 6.45) is 2.68. The van der Waals surface area contributed by atoms with Gasteiger partial charge in [0.15, 0.2) is 0 Å². The van der Waals surface area contributed by atoms with Gasteiger partial charge in [-0.05, 0) is 30.7 Å². The lowest BCUT2D eigenvalue weighted by Crippen LogP contribution is -2.49. The minimum Gasteiger partial charge on any atom is -0.377 e. The van der Waals surface area contributed by atoms with Crippen molar-refractivity contribution < 1.29 is 18.7 Å². The van der Waals surface area contributed by atoms with Crippen LogP contribution in [0.3, 0.4) is 0 Å². The predicted octanol–water partition coefficient (Wildman–Crippen LogP) is 1.39. The molecule has 4 aromatic heterocycles. The lowest BCUT2D eigenvalue weighted by atomic mass is 10.2. The third-order valence-electron chi connectivity index (χ3n) is 6.30. The van der Waals surface area contributed by atoms with E-state index in [1.807, 2.05) is 13.0 Å². The minimum absolute atomic E-state index is 0.107. The Hall–Kier alpha value is -4.45. The predicted molar refractivity (Wildman–Crippen MR) is 125 cm³/mol. The molecule has 0 aliphatic carbocycles. The standard InChI is InChI=1S/C24H20FN7O4/c1-13-2-4-17(26-7-13)18-6-21-31(10-20(33)28-19-5-3-14(25)8-27-19)22-16(23(34)32(21)29-18)9-30(24(22)35)15-11-36-12-15/h2-8,15H,9-12H2,1H3,(H,27,28,33). The number of hydrogen-bond acceptors (Lipinski definition) is 7. The van der Waals surface area contributed by atoms with E-state index in [4.69, 9.17) is 4.74 Å². The van der Waals surface area contributed by atoms with Crippen molar-refractivity contribution in [2.45, 2.75) is 26.1 Å². The van der Waals surface area contributed by atoms with Crippen LogP contribution in [-0.2, 0) is 22.6 Å². The van der Waals surface area contributed by atoms with E-state index >= 15 is 0 Å². The Kier molecular flexibility index (Phi) is 5.11. The first kappa shape index (κ1) is 22.0. The fourth-order valence-corrected chi connectivity index (χ4v) is 4.36. The summed E-state index contributed by atoms with van der Waals surface area (Å²) in [5, 5.41) is 7.06. The third kappa shape index (κ3) is 3.62. The van der Waals surface area contributed by atoms with Gasteiger partial charge in [-0.3, -0.25) is 19.4 Å². The summed E-state index contributed by atoms with van der Waals surface area (Å²) in [5.74, 6) is -1.22. The molecule has 0 atom stereocenters. The quantitative estimate of drug-likeness (QED) is 0.449. The molecule has 2 aliphatic heterocycles. The van der Waals surface area contributed by atoms with Gasteiger partial charge >= 0.3 is 0 Å². The zero-order chi connectivity index (χ0) is 25.0. The van der Waals surface area contributed by atoms with Gasteiger partial charge in [0.05, 0.1) is 43.3 Å². The van der Waals surface area contributed by atoms with E-state index in [1.54, 1.807) is 23.2 Å². The minimum atomic E-state index is -0.532. The first-order valence-electron chi connectivity index (χ1n) is 11.3. The number of amides is 2. The summed E-state index contributed by atoms with van der Waals surface area (Å²) in [6, 6.07) is 7.68. The summed E-state index contributed by atoms with van der Waals surface area (Å²) in [6.45, 7) is 2.51. The zero-order valence-electron chi connectivity index (χ0n) is 19.1. The fourth-order valence-electron chi connectivity index (χ4n) is 4.36. The maximum absolute atomic E-state index is 13.4. The van der Waals surface area contributed by atoms with Crippen molar-refractivity contribution >= 4 is 23.3 Å². The number of fused-ring (bicyclic) bond motifs is 2. The average Bonchev–Trinajstić information content (AvgIpc) is 3.41. The molecule has 1 N–H and O–H groups in total. The van der Waals surface area contributed by atoms with Gasteiger partial charge < -0.3 is 19.5 Å². The highest BCUT2D eigenvalue weighted by molar-refractivity contribution is 5.99. The number of aryl methyl sites for hydroxylation is 1. The second-order valence-corrected chi connectivity index (χ2v) is 8.77. The largest absolute Gasteiger partial charge is 0.377 e. The topological polar surface area (TPSA) is 124 Å². The van der Waals surface area contributed by atoms with Crippen LogP contribution >= 0.6 is 0 Å². The van der Waals surface area contributed by atoms with E-state index < -0.39 is 17.3 Å². The Balaban J connectivity index is 1.45. The van der Waals surface area contributed by atoms with Gasteiger partial charge in [0.2, 0.25) is 5.91 Å². The molecule has 12 heteroatoms. The third-order valence-corrected chi connectivity index (χ3v) is 6.30. The normalized spacial score (nSPS) is 15.3. The maximum Gasteiger partial charge on any atom is 0.280 e. The molecular formula is C24H20FN7O4. The highest BCUT2D eigenvalue weighted by atomic mass is 19.1. The first-order valence-corrected chi connectivity index (χ1v) is 11.3. The van der Waals surface area contributed by atoms with Gasteiger partial charge in [-0.2, -0.15) is 9.61 Å². The highest BCUT2D eigenvalue weighted by Crippen LogP contribution is 2.28. The first-order chi connectivity index (χ1) is 17.4. The van der Waals surface area contributed by atoms with E-state index in [0.29, 0.717) is 24.6 Å².